The Kier molecular flexibility index (Phi) is 6.31. The Bertz CT molecular complexity index is 443. The zero-order valence-electron chi connectivity index (χ0n) is 12.5. The van der Waals surface area contributed by atoms with Gasteiger partial charge in [0.1, 0.15) is 17.5 Å². The van der Waals surface area contributed by atoms with Crippen molar-refractivity contribution in [1.82, 2.24) is 4.90 Å². The van der Waals surface area contributed by atoms with Crippen LogP contribution < -0.4 is 9.47 Å². The molecule has 0 aliphatic heterocycles. The first kappa shape index (κ1) is 16.3. The molecule has 0 aromatic heterocycles. The van der Waals surface area contributed by atoms with Gasteiger partial charge in [-0.2, -0.15) is 0 Å². The number of likely N-dealkylation sites (N-methyl/N-ethyl adjacent to an activating group) is 1. The van der Waals surface area contributed by atoms with E-state index in [1.165, 1.54) is 0 Å². The molecule has 0 spiro atoms. The van der Waals surface area contributed by atoms with Gasteiger partial charge < -0.3 is 14.6 Å². The topological polar surface area (TPSA) is 59.0 Å². The molecule has 0 saturated heterocycles. The second-order valence-corrected chi connectivity index (χ2v) is 4.46. The minimum Gasteiger partial charge on any atom is -0.497 e. The molecule has 0 fully saturated rings. The van der Waals surface area contributed by atoms with Crippen LogP contribution in [0.5, 0.6) is 11.5 Å². The lowest BCUT2D eigenvalue weighted by atomic mass is 10.0. The zero-order valence-corrected chi connectivity index (χ0v) is 12.5. The van der Waals surface area contributed by atoms with Gasteiger partial charge in [0.05, 0.1) is 14.2 Å². The first-order valence-corrected chi connectivity index (χ1v) is 6.75. The lowest BCUT2D eigenvalue weighted by Gasteiger charge is -2.26. The summed E-state index contributed by atoms with van der Waals surface area (Å²) in [6.07, 6.45) is 0.407. The molecule has 112 valence electrons. The first-order valence-electron chi connectivity index (χ1n) is 6.75. The van der Waals surface area contributed by atoms with Crippen molar-refractivity contribution in [1.29, 1.82) is 0 Å². The molecule has 0 aliphatic rings. The van der Waals surface area contributed by atoms with Crippen LogP contribution in [0.25, 0.3) is 0 Å². The van der Waals surface area contributed by atoms with Crippen LogP contribution in [0, 0.1) is 0 Å². The summed E-state index contributed by atoms with van der Waals surface area (Å²) >= 11 is 0. The molecule has 0 amide bonds. The molecule has 0 bridgehead atoms. The zero-order chi connectivity index (χ0) is 15.1. The first-order chi connectivity index (χ1) is 9.57. The van der Waals surface area contributed by atoms with E-state index in [0.717, 1.165) is 5.56 Å². The van der Waals surface area contributed by atoms with Crippen molar-refractivity contribution < 1.29 is 19.4 Å². The van der Waals surface area contributed by atoms with E-state index in [4.69, 9.17) is 9.47 Å². The number of nitrogens with zero attached hydrogens (tertiary/aromatic N) is 1. The SMILES string of the molecule is CCN(CC)C(Cc1ccc(OC)cc1OC)C(=O)O. The summed E-state index contributed by atoms with van der Waals surface area (Å²) in [6.45, 7) is 5.33. The van der Waals surface area contributed by atoms with Crippen molar-refractivity contribution >= 4 is 5.97 Å². The lowest BCUT2D eigenvalue weighted by Crippen LogP contribution is -2.42. The van der Waals surface area contributed by atoms with Crippen molar-refractivity contribution in [2.24, 2.45) is 0 Å². The highest BCUT2D eigenvalue weighted by atomic mass is 16.5. The molecule has 0 heterocycles. The number of methoxy groups -OCH3 is 2. The standard InChI is InChI=1S/C15H23NO4/c1-5-16(6-2)13(15(17)18)9-11-7-8-12(19-3)10-14(11)20-4/h7-8,10,13H,5-6,9H2,1-4H3,(H,17,18). The molecule has 1 unspecified atom stereocenters. The third-order valence-electron chi connectivity index (χ3n) is 3.45. The highest BCUT2D eigenvalue weighted by molar-refractivity contribution is 5.74. The third kappa shape index (κ3) is 3.87. The monoisotopic (exact) mass is 281 g/mol. The largest absolute Gasteiger partial charge is 0.497 e. The van der Waals surface area contributed by atoms with E-state index in [0.29, 0.717) is 31.0 Å². The number of aliphatic carboxylic acids is 1. The maximum absolute atomic E-state index is 11.5. The van der Waals surface area contributed by atoms with Gasteiger partial charge in [0, 0.05) is 12.5 Å². The van der Waals surface area contributed by atoms with Crippen LogP contribution in [-0.2, 0) is 11.2 Å². The molecule has 1 rings (SSSR count). The van der Waals surface area contributed by atoms with Gasteiger partial charge in [-0.1, -0.05) is 19.9 Å². The van der Waals surface area contributed by atoms with E-state index in [-0.39, 0.29) is 0 Å². The summed E-state index contributed by atoms with van der Waals surface area (Å²) in [5.41, 5.74) is 0.868. The number of benzene rings is 1. The van der Waals surface area contributed by atoms with Crippen LogP contribution in [0.15, 0.2) is 18.2 Å². The summed E-state index contributed by atoms with van der Waals surface area (Å²) in [4.78, 5) is 13.4. The van der Waals surface area contributed by atoms with Gasteiger partial charge in [-0.25, -0.2) is 0 Å². The molecule has 1 aromatic carbocycles. The number of carbonyl (C=O) groups is 1. The van der Waals surface area contributed by atoms with Crippen molar-refractivity contribution in [3.8, 4) is 11.5 Å². The molecule has 5 nitrogen and oxygen atoms in total. The molecule has 1 atom stereocenters. The fourth-order valence-corrected chi connectivity index (χ4v) is 2.27. The van der Waals surface area contributed by atoms with Crippen LogP contribution in [-0.4, -0.2) is 49.3 Å². The highest BCUT2D eigenvalue weighted by Crippen LogP contribution is 2.26. The van der Waals surface area contributed by atoms with Crippen LogP contribution >= 0.6 is 0 Å². The number of ether oxygens (including phenoxy) is 2. The molecule has 1 aromatic rings. The fraction of sp³-hybridized carbons (Fsp3) is 0.533. The Labute approximate surface area is 120 Å². The summed E-state index contributed by atoms with van der Waals surface area (Å²) in [5.74, 6) is 0.537. The molecule has 0 aliphatic carbocycles. The average Bonchev–Trinajstić information content (AvgIpc) is 2.47. The van der Waals surface area contributed by atoms with Gasteiger partial charge in [-0.05, 0) is 24.7 Å². The molecule has 1 N–H and O–H groups in total. The smallest absolute Gasteiger partial charge is 0.321 e. The Morgan fingerprint density at radius 3 is 2.35 bits per heavy atom. The maximum atomic E-state index is 11.5. The van der Waals surface area contributed by atoms with E-state index in [1.54, 1.807) is 20.3 Å². The second-order valence-electron chi connectivity index (χ2n) is 4.46. The minimum absolute atomic E-state index is 0.407. The molecule has 0 radical (unpaired) electrons. The average molecular weight is 281 g/mol. The van der Waals surface area contributed by atoms with Crippen LogP contribution in [0.3, 0.4) is 0 Å². The Balaban J connectivity index is 3.01. The lowest BCUT2D eigenvalue weighted by molar-refractivity contribution is -0.143. The Morgan fingerprint density at radius 2 is 1.90 bits per heavy atom. The summed E-state index contributed by atoms with van der Waals surface area (Å²) < 4.78 is 10.5. The minimum atomic E-state index is -0.813. The van der Waals surface area contributed by atoms with Gasteiger partial charge in [0.15, 0.2) is 0 Å². The van der Waals surface area contributed by atoms with E-state index < -0.39 is 12.0 Å². The molecule has 5 heteroatoms. The summed E-state index contributed by atoms with van der Waals surface area (Å²) in [7, 11) is 3.16. The van der Waals surface area contributed by atoms with Crippen LogP contribution in [0.1, 0.15) is 19.4 Å². The van der Waals surface area contributed by atoms with Gasteiger partial charge in [-0.15, -0.1) is 0 Å². The highest BCUT2D eigenvalue weighted by Gasteiger charge is 2.25. The van der Waals surface area contributed by atoms with Gasteiger partial charge in [0.25, 0.3) is 0 Å². The number of carboxylic acids is 1. The molecular weight excluding hydrogens is 258 g/mol. The van der Waals surface area contributed by atoms with Gasteiger partial charge in [0.2, 0.25) is 0 Å². The Morgan fingerprint density at radius 1 is 1.25 bits per heavy atom. The summed E-state index contributed by atoms with van der Waals surface area (Å²) in [6, 6.07) is 4.90. The number of hydrogen-bond acceptors (Lipinski definition) is 4. The van der Waals surface area contributed by atoms with E-state index in [1.807, 2.05) is 30.9 Å². The predicted octanol–water partition coefficient (Wildman–Crippen LogP) is 2.04. The normalized spacial score (nSPS) is 12.2. The van der Waals surface area contributed by atoms with E-state index in [9.17, 15) is 9.90 Å². The van der Waals surface area contributed by atoms with Gasteiger partial charge in [-0.3, -0.25) is 9.69 Å². The quantitative estimate of drug-likeness (QED) is 0.790. The van der Waals surface area contributed by atoms with Crippen molar-refractivity contribution in [2.75, 3.05) is 27.3 Å². The molecule has 0 saturated carbocycles. The fourth-order valence-electron chi connectivity index (χ4n) is 2.27. The maximum Gasteiger partial charge on any atom is 0.321 e. The van der Waals surface area contributed by atoms with E-state index in [2.05, 4.69) is 0 Å². The van der Waals surface area contributed by atoms with Crippen LogP contribution in [0.2, 0.25) is 0 Å². The summed E-state index contributed by atoms with van der Waals surface area (Å²) in [5, 5.41) is 9.42. The van der Waals surface area contributed by atoms with Crippen molar-refractivity contribution in [3.63, 3.8) is 0 Å². The molecular formula is C15H23NO4. The molecule has 20 heavy (non-hydrogen) atoms. The predicted molar refractivity (Wildman–Crippen MR) is 77.6 cm³/mol. The number of hydrogen-bond donors (Lipinski definition) is 1. The number of rotatable bonds is 8. The van der Waals surface area contributed by atoms with Crippen molar-refractivity contribution in [2.45, 2.75) is 26.3 Å². The van der Waals surface area contributed by atoms with Gasteiger partial charge >= 0.3 is 5.97 Å². The third-order valence-corrected chi connectivity index (χ3v) is 3.45. The van der Waals surface area contributed by atoms with E-state index >= 15 is 0 Å². The number of carboxylic acid groups (broad SMARTS) is 1. The second kappa shape index (κ2) is 7.75. The van der Waals surface area contributed by atoms with Crippen molar-refractivity contribution in [3.05, 3.63) is 23.8 Å². The Hall–Kier alpha value is -1.75. The van der Waals surface area contributed by atoms with Crippen LogP contribution in [0.4, 0.5) is 0 Å².